The fraction of sp³-hybridized carbons (Fsp3) is 0.214. The van der Waals surface area contributed by atoms with Crippen LogP contribution in [0.3, 0.4) is 0 Å². The van der Waals surface area contributed by atoms with Gasteiger partial charge in [-0.1, -0.05) is 6.07 Å². The largest absolute Gasteiger partial charge is 0.497 e. The second-order valence-electron chi connectivity index (χ2n) is 4.00. The van der Waals surface area contributed by atoms with Gasteiger partial charge in [-0.2, -0.15) is 0 Å². The molecule has 0 unspecified atom stereocenters. The second kappa shape index (κ2) is 6.04. The smallest absolute Gasteiger partial charge is 0.250 e. The van der Waals surface area contributed by atoms with Crippen LogP contribution in [-0.2, 0) is 6.54 Å². The quantitative estimate of drug-likeness (QED) is 0.897. The molecule has 4 nitrogen and oxygen atoms in total. The van der Waals surface area contributed by atoms with E-state index in [0.29, 0.717) is 24.5 Å². The van der Waals surface area contributed by atoms with Gasteiger partial charge in [0.2, 0.25) is 0 Å². The summed E-state index contributed by atoms with van der Waals surface area (Å²) >= 11 is 0. The van der Waals surface area contributed by atoms with E-state index < -0.39 is 0 Å². The molecule has 19 heavy (non-hydrogen) atoms. The third kappa shape index (κ3) is 3.34. The molecule has 0 atom stereocenters. The highest BCUT2D eigenvalue weighted by molar-refractivity contribution is 5.49. The van der Waals surface area contributed by atoms with E-state index in [2.05, 4.69) is 5.32 Å². The van der Waals surface area contributed by atoms with Gasteiger partial charge in [-0.25, -0.2) is 4.39 Å². The fourth-order valence-electron chi connectivity index (χ4n) is 1.72. The summed E-state index contributed by atoms with van der Waals surface area (Å²) in [6.07, 6.45) is 1.70. The minimum Gasteiger partial charge on any atom is -0.497 e. The van der Waals surface area contributed by atoms with Crippen LogP contribution in [0.5, 0.6) is 5.75 Å². The normalized spacial score (nSPS) is 10.2. The van der Waals surface area contributed by atoms with Crippen LogP contribution in [-0.4, -0.2) is 18.2 Å². The number of anilines is 1. The first-order valence-corrected chi connectivity index (χ1v) is 5.93. The topological polar surface area (TPSA) is 43.3 Å². The molecule has 1 heterocycles. The lowest BCUT2D eigenvalue weighted by molar-refractivity contribution is 0.414. The van der Waals surface area contributed by atoms with Crippen molar-refractivity contribution in [1.29, 1.82) is 0 Å². The van der Waals surface area contributed by atoms with Crippen LogP contribution in [0.15, 0.2) is 47.4 Å². The van der Waals surface area contributed by atoms with Crippen LogP contribution in [0, 0.1) is 5.82 Å². The molecule has 100 valence electrons. The van der Waals surface area contributed by atoms with Gasteiger partial charge in [0.15, 0.2) is 0 Å². The molecule has 0 fully saturated rings. The van der Waals surface area contributed by atoms with Gasteiger partial charge in [-0.15, -0.1) is 0 Å². The fourth-order valence-corrected chi connectivity index (χ4v) is 1.72. The van der Waals surface area contributed by atoms with Gasteiger partial charge in [0.25, 0.3) is 5.56 Å². The zero-order valence-corrected chi connectivity index (χ0v) is 10.6. The SMILES string of the molecule is COc1ccc(F)c(NCCn2ccccc2=O)c1. The first-order valence-electron chi connectivity index (χ1n) is 5.93. The van der Waals surface area contributed by atoms with Gasteiger partial charge in [0.1, 0.15) is 11.6 Å². The summed E-state index contributed by atoms with van der Waals surface area (Å²) < 4.78 is 20.1. The Morgan fingerprint density at radius 3 is 2.89 bits per heavy atom. The molecule has 0 aliphatic rings. The van der Waals surface area contributed by atoms with E-state index in [0.717, 1.165) is 0 Å². The Bertz CT molecular complexity index is 610. The molecule has 0 amide bonds. The third-order valence-corrected chi connectivity index (χ3v) is 2.74. The summed E-state index contributed by atoms with van der Waals surface area (Å²) in [5.41, 5.74) is 0.291. The molecule has 0 spiro atoms. The molecule has 0 bridgehead atoms. The van der Waals surface area contributed by atoms with E-state index in [1.165, 1.54) is 19.2 Å². The Hall–Kier alpha value is -2.30. The van der Waals surface area contributed by atoms with Crippen LogP contribution in [0.1, 0.15) is 0 Å². The molecule has 1 aromatic heterocycles. The molecular weight excluding hydrogens is 247 g/mol. The van der Waals surface area contributed by atoms with Crippen molar-refractivity contribution in [3.8, 4) is 5.75 Å². The average molecular weight is 262 g/mol. The van der Waals surface area contributed by atoms with Crippen molar-refractivity contribution in [2.45, 2.75) is 6.54 Å². The Labute approximate surface area is 110 Å². The third-order valence-electron chi connectivity index (χ3n) is 2.74. The molecule has 0 saturated heterocycles. The van der Waals surface area contributed by atoms with Gasteiger partial charge in [-0.3, -0.25) is 4.79 Å². The highest BCUT2D eigenvalue weighted by Gasteiger charge is 2.03. The van der Waals surface area contributed by atoms with E-state index in [1.54, 1.807) is 35.0 Å². The highest BCUT2D eigenvalue weighted by atomic mass is 19.1. The summed E-state index contributed by atoms with van der Waals surface area (Å²) in [4.78, 5) is 11.5. The Balaban J connectivity index is 2.00. The molecule has 0 aliphatic carbocycles. The molecule has 0 radical (unpaired) electrons. The van der Waals surface area contributed by atoms with Gasteiger partial charge >= 0.3 is 0 Å². The van der Waals surface area contributed by atoms with Crippen molar-refractivity contribution >= 4 is 5.69 Å². The summed E-state index contributed by atoms with van der Waals surface area (Å²) in [5.74, 6) is 0.238. The number of hydrogen-bond acceptors (Lipinski definition) is 3. The summed E-state index contributed by atoms with van der Waals surface area (Å²) in [5, 5.41) is 2.95. The predicted molar refractivity (Wildman–Crippen MR) is 72.1 cm³/mol. The molecule has 1 N–H and O–H groups in total. The number of ether oxygens (including phenoxy) is 1. The Morgan fingerprint density at radius 2 is 2.16 bits per heavy atom. The summed E-state index contributed by atoms with van der Waals surface area (Å²) in [6, 6.07) is 9.45. The second-order valence-corrected chi connectivity index (χ2v) is 4.00. The van der Waals surface area contributed by atoms with E-state index in [9.17, 15) is 9.18 Å². The average Bonchev–Trinajstić information content (AvgIpc) is 2.43. The maximum absolute atomic E-state index is 13.5. The van der Waals surface area contributed by atoms with Crippen LogP contribution in [0.4, 0.5) is 10.1 Å². The number of benzene rings is 1. The molecule has 5 heteroatoms. The number of halogens is 1. The van der Waals surface area contributed by atoms with Crippen molar-refractivity contribution in [2.75, 3.05) is 19.0 Å². The van der Waals surface area contributed by atoms with Crippen molar-refractivity contribution in [3.05, 3.63) is 58.8 Å². The lowest BCUT2D eigenvalue weighted by Gasteiger charge is -2.10. The van der Waals surface area contributed by atoms with E-state index in [1.807, 2.05) is 0 Å². The Kier molecular flexibility index (Phi) is 4.18. The predicted octanol–water partition coefficient (Wildman–Crippen LogP) is 2.11. The van der Waals surface area contributed by atoms with E-state index in [4.69, 9.17) is 4.74 Å². The molecular formula is C14H15FN2O2. The first-order chi connectivity index (χ1) is 9.20. The van der Waals surface area contributed by atoms with Crippen LogP contribution < -0.4 is 15.6 Å². The van der Waals surface area contributed by atoms with Gasteiger partial charge < -0.3 is 14.6 Å². The van der Waals surface area contributed by atoms with Crippen molar-refractivity contribution < 1.29 is 9.13 Å². The van der Waals surface area contributed by atoms with E-state index >= 15 is 0 Å². The number of methoxy groups -OCH3 is 1. The standard InChI is InChI=1S/C14H15FN2O2/c1-19-11-5-6-12(15)13(10-11)16-7-9-17-8-3-2-4-14(17)18/h2-6,8,10,16H,7,9H2,1H3. The molecule has 1 aromatic carbocycles. The summed E-state index contributed by atoms with van der Waals surface area (Å²) in [6.45, 7) is 0.921. The molecule has 0 aliphatic heterocycles. The lowest BCUT2D eigenvalue weighted by atomic mass is 10.3. The van der Waals surface area contributed by atoms with E-state index in [-0.39, 0.29) is 11.4 Å². The minimum atomic E-state index is -0.346. The van der Waals surface area contributed by atoms with Gasteiger partial charge in [0, 0.05) is 31.4 Å². The maximum atomic E-state index is 13.5. The highest BCUT2D eigenvalue weighted by Crippen LogP contribution is 2.20. The molecule has 2 rings (SSSR count). The van der Waals surface area contributed by atoms with Crippen molar-refractivity contribution in [1.82, 2.24) is 4.57 Å². The maximum Gasteiger partial charge on any atom is 0.250 e. The summed E-state index contributed by atoms with van der Waals surface area (Å²) in [7, 11) is 1.53. The zero-order valence-electron chi connectivity index (χ0n) is 10.6. The van der Waals surface area contributed by atoms with Crippen molar-refractivity contribution in [2.24, 2.45) is 0 Å². The molecule has 2 aromatic rings. The van der Waals surface area contributed by atoms with Crippen LogP contribution >= 0.6 is 0 Å². The number of aromatic nitrogens is 1. The number of hydrogen-bond donors (Lipinski definition) is 1. The molecule has 0 saturated carbocycles. The van der Waals surface area contributed by atoms with Crippen LogP contribution in [0.2, 0.25) is 0 Å². The Morgan fingerprint density at radius 1 is 1.32 bits per heavy atom. The van der Waals surface area contributed by atoms with Crippen LogP contribution in [0.25, 0.3) is 0 Å². The number of pyridine rings is 1. The first kappa shape index (κ1) is 13.1. The minimum absolute atomic E-state index is 0.0737. The number of nitrogens with one attached hydrogen (secondary N) is 1. The van der Waals surface area contributed by atoms with Crippen molar-refractivity contribution in [3.63, 3.8) is 0 Å². The zero-order chi connectivity index (χ0) is 13.7. The van der Waals surface area contributed by atoms with Gasteiger partial charge in [0.05, 0.1) is 12.8 Å². The monoisotopic (exact) mass is 262 g/mol. The number of nitrogens with zero attached hydrogens (tertiary/aromatic N) is 1. The number of rotatable bonds is 5. The van der Waals surface area contributed by atoms with Gasteiger partial charge in [-0.05, 0) is 18.2 Å². The lowest BCUT2D eigenvalue weighted by Crippen LogP contribution is -2.22.